The predicted molar refractivity (Wildman–Crippen MR) is 121 cm³/mol. The van der Waals surface area contributed by atoms with Crippen LogP contribution in [0.5, 0.6) is 5.75 Å². The molecular weight excluding hydrogens is 435 g/mol. The van der Waals surface area contributed by atoms with Crippen molar-refractivity contribution in [3.8, 4) is 16.9 Å². The summed E-state index contributed by atoms with van der Waals surface area (Å²) in [5.41, 5.74) is 5.03. The van der Waals surface area contributed by atoms with E-state index in [1.54, 1.807) is 6.07 Å². The quantitative estimate of drug-likeness (QED) is 0.568. The molecular formula is C24H24Cl2N2O3. The summed E-state index contributed by atoms with van der Waals surface area (Å²) in [5, 5.41) is 15.4. The Labute approximate surface area is 191 Å². The van der Waals surface area contributed by atoms with E-state index < -0.39 is 0 Å². The Hall–Kier alpha value is -2.05. The summed E-state index contributed by atoms with van der Waals surface area (Å²) in [5.74, 6) is 1.57. The third-order valence-electron chi connectivity index (χ3n) is 6.37. The van der Waals surface area contributed by atoms with Crippen LogP contribution >= 0.6 is 23.2 Å². The minimum atomic E-state index is -0.294. The fourth-order valence-electron chi connectivity index (χ4n) is 4.89. The monoisotopic (exact) mass is 458 g/mol. The summed E-state index contributed by atoms with van der Waals surface area (Å²) in [6.07, 6.45) is 1.05. The Morgan fingerprint density at radius 3 is 2.58 bits per heavy atom. The molecule has 1 N–H and O–H groups in total. The molecule has 2 aromatic carbocycles. The van der Waals surface area contributed by atoms with Crippen LogP contribution in [0.15, 0.2) is 40.9 Å². The SMILES string of the molecule is Cc1noc(C)c1-c1ccc(O[C@H]2c3cc(Cl)cc(Cl)c3C[C@@H]2N2CC[C@@H](O)C2)cc1. The Kier molecular flexibility index (Phi) is 5.47. The first-order valence-electron chi connectivity index (χ1n) is 10.5. The first-order valence-corrected chi connectivity index (χ1v) is 11.3. The van der Waals surface area contributed by atoms with Crippen molar-refractivity contribution in [1.82, 2.24) is 10.1 Å². The molecule has 0 unspecified atom stereocenters. The van der Waals surface area contributed by atoms with Crippen LogP contribution in [-0.4, -0.2) is 40.4 Å². The van der Waals surface area contributed by atoms with Gasteiger partial charge in [0, 0.05) is 34.3 Å². The van der Waals surface area contributed by atoms with E-state index in [4.69, 9.17) is 32.5 Å². The molecule has 0 radical (unpaired) electrons. The van der Waals surface area contributed by atoms with E-state index in [9.17, 15) is 5.11 Å². The molecule has 0 bridgehead atoms. The zero-order valence-corrected chi connectivity index (χ0v) is 19.0. The van der Waals surface area contributed by atoms with Crippen molar-refractivity contribution in [1.29, 1.82) is 0 Å². The lowest BCUT2D eigenvalue weighted by molar-refractivity contribution is 0.0818. The van der Waals surface area contributed by atoms with Crippen LogP contribution in [0.4, 0.5) is 0 Å². The Morgan fingerprint density at radius 2 is 1.94 bits per heavy atom. The number of hydrogen-bond donors (Lipinski definition) is 1. The Morgan fingerprint density at radius 1 is 1.16 bits per heavy atom. The van der Waals surface area contributed by atoms with Crippen molar-refractivity contribution in [2.75, 3.05) is 13.1 Å². The number of aliphatic hydroxyl groups is 1. The molecule has 1 aliphatic carbocycles. The van der Waals surface area contributed by atoms with E-state index in [0.29, 0.717) is 16.6 Å². The van der Waals surface area contributed by atoms with E-state index in [2.05, 4.69) is 10.1 Å². The van der Waals surface area contributed by atoms with Crippen molar-refractivity contribution in [3.05, 3.63) is 69.0 Å². The fourth-order valence-corrected chi connectivity index (χ4v) is 5.48. The van der Waals surface area contributed by atoms with Crippen LogP contribution in [0.2, 0.25) is 10.0 Å². The number of aryl methyl sites for hydroxylation is 2. The topological polar surface area (TPSA) is 58.7 Å². The summed E-state index contributed by atoms with van der Waals surface area (Å²) >= 11 is 12.9. The lowest BCUT2D eigenvalue weighted by atomic mass is 10.0. The van der Waals surface area contributed by atoms with Gasteiger partial charge in [0.05, 0.1) is 17.8 Å². The van der Waals surface area contributed by atoms with Gasteiger partial charge in [0.2, 0.25) is 0 Å². The van der Waals surface area contributed by atoms with Gasteiger partial charge in [0.15, 0.2) is 0 Å². The summed E-state index contributed by atoms with van der Waals surface area (Å²) < 4.78 is 11.8. The minimum Gasteiger partial charge on any atom is -0.484 e. The van der Waals surface area contributed by atoms with Gasteiger partial charge in [-0.1, -0.05) is 40.5 Å². The molecule has 5 rings (SSSR count). The number of aromatic nitrogens is 1. The highest BCUT2D eigenvalue weighted by atomic mass is 35.5. The highest BCUT2D eigenvalue weighted by molar-refractivity contribution is 6.35. The molecule has 7 heteroatoms. The van der Waals surface area contributed by atoms with Crippen molar-refractivity contribution in [2.24, 2.45) is 0 Å². The molecule has 1 aliphatic heterocycles. The van der Waals surface area contributed by atoms with Gasteiger partial charge in [-0.2, -0.15) is 0 Å². The lowest BCUT2D eigenvalue weighted by Crippen LogP contribution is -2.39. The van der Waals surface area contributed by atoms with Gasteiger partial charge in [0.1, 0.15) is 17.6 Å². The number of rotatable bonds is 4. The maximum atomic E-state index is 10.1. The number of likely N-dealkylation sites (tertiary alicyclic amines) is 1. The second-order valence-electron chi connectivity index (χ2n) is 8.43. The van der Waals surface area contributed by atoms with Crippen LogP contribution in [-0.2, 0) is 6.42 Å². The molecule has 0 amide bonds. The Balaban J connectivity index is 1.46. The molecule has 1 aromatic heterocycles. The molecule has 0 saturated carbocycles. The number of ether oxygens (including phenoxy) is 1. The summed E-state index contributed by atoms with van der Waals surface area (Å²) in [7, 11) is 0. The van der Waals surface area contributed by atoms with Crippen LogP contribution in [0.1, 0.15) is 35.1 Å². The molecule has 3 atom stereocenters. The second-order valence-corrected chi connectivity index (χ2v) is 9.27. The minimum absolute atomic E-state index is 0.102. The number of fused-ring (bicyclic) bond motifs is 1. The van der Waals surface area contributed by atoms with Gasteiger partial charge < -0.3 is 14.4 Å². The van der Waals surface area contributed by atoms with Gasteiger partial charge in [-0.05, 0) is 62.1 Å². The van der Waals surface area contributed by atoms with E-state index in [-0.39, 0.29) is 18.2 Å². The third kappa shape index (κ3) is 3.85. The zero-order valence-electron chi connectivity index (χ0n) is 17.4. The number of halogens is 2. The number of nitrogens with zero attached hydrogens (tertiary/aromatic N) is 2. The van der Waals surface area contributed by atoms with Gasteiger partial charge in [-0.15, -0.1) is 0 Å². The molecule has 1 saturated heterocycles. The van der Waals surface area contributed by atoms with Gasteiger partial charge >= 0.3 is 0 Å². The molecule has 5 nitrogen and oxygen atoms in total. The second kappa shape index (κ2) is 8.14. The number of hydrogen-bond acceptors (Lipinski definition) is 5. The molecule has 3 aromatic rings. The van der Waals surface area contributed by atoms with Crippen molar-refractivity contribution < 1.29 is 14.4 Å². The number of benzene rings is 2. The van der Waals surface area contributed by atoms with Gasteiger partial charge in [-0.3, -0.25) is 4.90 Å². The first-order chi connectivity index (χ1) is 14.9. The normalized spacial score (nSPS) is 23.3. The van der Waals surface area contributed by atoms with E-state index in [0.717, 1.165) is 58.8 Å². The maximum absolute atomic E-state index is 10.1. The van der Waals surface area contributed by atoms with Crippen LogP contribution < -0.4 is 4.74 Å². The average molecular weight is 459 g/mol. The van der Waals surface area contributed by atoms with E-state index >= 15 is 0 Å². The highest BCUT2D eigenvalue weighted by Gasteiger charge is 2.41. The van der Waals surface area contributed by atoms with E-state index in [1.165, 1.54) is 0 Å². The largest absolute Gasteiger partial charge is 0.484 e. The smallest absolute Gasteiger partial charge is 0.141 e. The average Bonchev–Trinajstić information content (AvgIpc) is 3.41. The summed E-state index contributed by atoms with van der Waals surface area (Å²) in [6.45, 7) is 5.34. The molecule has 162 valence electrons. The van der Waals surface area contributed by atoms with E-state index in [1.807, 2.05) is 44.2 Å². The molecule has 31 heavy (non-hydrogen) atoms. The summed E-state index contributed by atoms with van der Waals surface area (Å²) in [4.78, 5) is 2.30. The van der Waals surface area contributed by atoms with Crippen LogP contribution in [0, 0.1) is 13.8 Å². The highest BCUT2D eigenvalue weighted by Crippen LogP contribution is 2.43. The van der Waals surface area contributed by atoms with Gasteiger partial charge in [0.25, 0.3) is 0 Å². The van der Waals surface area contributed by atoms with Gasteiger partial charge in [-0.25, -0.2) is 0 Å². The van der Waals surface area contributed by atoms with Crippen molar-refractivity contribution >= 4 is 23.2 Å². The lowest BCUT2D eigenvalue weighted by Gasteiger charge is -2.30. The summed E-state index contributed by atoms with van der Waals surface area (Å²) in [6, 6.07) is 11.8. The predicted octanol–water partition coefficient (Wildman–Crippen LogP) is 5.38. The first kappa shape index (κ1) is 20.8. The standard InChI is InChI=1S/C24H24Cl2N2O3/c1-13-23(14(2)31-27-13)15-3-5-18(6-4-15)30-24-20-9-16(25)10-21(26)19(20)11-22(24)28-8-7-17(29)12-28/h3-6,9-10,17,22,24,29H,7-8,11-12H2,1-2H3/t17-,22+,24+/m1/s1. The van der Waals surface area contributed by atoms with Crippen molar-refractivity contribution in [2.45, 2.75) is 44.9 Å². The zero-order chi connectivity index (χ0) is 21.7. The fraction of sp³-hybridized carbons (Fsp3) is 0.375. The number of aliphatic hydroxyl groups excluding tert-OH is 1. The molecule has 1 fully saturated rings. The van der Waals surface area contributed by atoms with Crippen LogP contribution in [0.3, 0.4) is 0 Å². The third-order valence-corrected chi connectivity index (χ3v) is 6.92. The Bertz CT molecular complexity index is 1090. The van der Waals surface area contributed by atoms with Crippen molar-refractivity contribution in [3.63, 3.8) is 0 Å². The maximum Gasteiger partial charge on any atom is 0.141 e. The molecule has 2 heterocycles. The van der Waals surface area contributed by atoms with Crippen LogP contribution in [0.25, 0.3) is 11.1 Å². The molecule has 2 aliphatic rings. The number of β-amino-alcohol motifs (C(OH)–C–C–N with tert-alkyl or cyclic N) is 1. The molecule has 0 spiro atoms.